The standard InChI is InChI=1S/C13H11N5O2/c19-13(12-4-2-6-20-12)15-7-10-9-18(17-16-10)11-3-1-5-14-8-11/h1-6,8-9H,7H2,(H,15,19). The van der Waals surface area contributed by atoms with Gasteiger partial charge >= 0.3 is 0 Å². The van der Waals surface area contributed by atoms with Crippen molar-refractivity contribution in [1.82, 2.24) is 25.3 Å². The number of furan rings is 1. The van der Waals surface area contributed by atoms with Gasteiger partial charge in [-0.3, -0.25) is 9.78 Å². The molecular formula is C13H11N5O2. The van der Waals surface area contributed by atoms with Gasteiger partial charge in [-0.25, -0.2) is 4.68 Å². The fourth-order valence-corrected chi connectivity index (χ4v) is 1.66. The summed E-state index contributed by atoms with van der Waals surface area (Å²) < 4.78 is 6.60. The zero-order valence-electron chi connectivity index (χ0n) is 10.4. The number of nitrogens with one attached hydrogen (secondary N) is 1. The van der Waals surface area contributed by atoms with E-state index in [-0.39, 0.29) is 18.2 Å². The first kappa shape index (κ1) is 12.1. The summed E-state index contributed by atoms with van der Waals surface area (Å²) in [6.07, 6.45) is 6.55. The molecule has 0 saturated heterocycles. The maximum Gasteiger partial charge on any atom is 0.287 e. The van der Waals surface area contributed by atoms with Crippen molar-refractivity contribution in [1.29, 1.82) is 0 Å². The molecule has 0 aliphatic carbocycles. The minimum absolute atomic E-state index is 0.268. The van der Waals surface area contributed by atoms with Crippen molar-refractivity contribution >= 4 is 5.91 Å². The average molecular weight is 269 g/mol. The molecule has 0 aliphatic heterocycles. The lowest BCUT2D eigenvalue weighted by molar-refractivity contribution is 0.0922. The fourth-order valence-electron chi connectivity index (χ4n) is 1.66. The Morgan fingerprint density at radius 1 is 1.35 bits per heavy atom. The van der Waals surface area contributed by atoms with Crippen molar-refractivity contribution in [2.75, 3.05) is 0 Å². The highest BCUT2D eigenvalue weighted by atomic mass is 16.3. The van der Waals surface area contributed by atoms with E-state index in [1.165, 1.54) is 6.26 Å². The molecule has 0 bridgehead atoms. The van der Waals surface area contributed by atoms with Gasteiger partial charge in [-0.15, -0.1) is 5.10 Å². The highest BCUT2D eigenvalue weighted by molar-refractivity contribution is 5.91. The van der Waals surface area contributed by atoms with Crippen LogP contribution in [0.25, 0.3) is 5.69 Å². The van der Waals surface area contributed by atoms with E-state index in [1.54, 1.807) is 35.4 Å². The average Bonchev–Trinajstić information content (AvgIpc) is 3.17. The van der Waals surface area contributed by atoms with Crippen molar-refractivity contribution in [2.24, 2.45) is 0 Å². The van der Waals surface area contributed by atoms with Crippen LogP contribution in [0.4, 0.5) is 0 Å². The Morgan fingerprint density at radius 2 is 2.30 bits per heavy atom. The first-order valence-corrected chi connectivity index (χ1v) is 5.96. The van der Waals surface area contributed by atoms with Crippen molar-refractivity contribution in [2.45, 2.75) is 6.54 Å². The number of hydrogen-bond donors (Lipinski definition) is 1. The van der Waals surface area contributed by atoms with Crippen LogP contribution < -0.4 is 5.32 Å². The molecule has 0 atom stereocenters. The van der Waals surface area contributed by atoms with Crippen LogP contribution in [0, 0.1) is 0 Å². The summed E-state index contributed by atoms with van der Waals surface area (Å²) >= 11 is 0. The minimum Gasteiger partial charge on any atom is -0.459 e. The molecule has 3 aromatic heterocycles. The van der Waals surface area contributed by atoms with Gasteiger partial charge in [0.15, 0.2) is 5.76 Å². The molecule has 7 heteroatoms. The van der Waals surface area contributed by atoms with Gasteiger partial charge in [-0.2, -0.15) is 0 Å². The van der Waals surface area contributed by atoms with Crippen molar-refractivity contribution < 1.29 is 9.21 Å². The van der Waals surface area contributed by atoms with E-state index in [0.717, 1.165) is 5.69 Å². The van der Waals surface area contributed by atoms with Crippen molar-refractivity contribution in [3.63, 3.8) is 0 Å². The quantitative estimate of drug-likeness (QED) is 0.768. The molecule has 1 N–H and O–H groups in total. The van der Waals surface area contributed by atoms with Gasteiger partial charge in [0.1, 0.15) is 5.69 Å². The molecule has 1 amide bonds. The number of carbonyl (C=O) groups excluding carboxylic acids is 1. The molecule has 3 rings (SSSR count). The van der Waals surface area contributed by atoms with Crippen LogP contribution in [0.1, 0.15) is 16.2 Å². The summed E-state index contributed by atoms with van der Waals surface area (Å²) in [7, 11) is 0. The molecule has 0 spiro atoms. The first-order valence-electron chi connectivity index (χ1n) is 5.96. The molecule has 0 fully saturated rings. The van der Waals surface area contributed by atoms with Gasteiger partial charge in [0.05, 0.1) is 30.9 Å². The summed E-state index contributed by atoms with van der Waals surface area (Å²) in [6.45, 7) is 0.278. The molecule has 3 aromatic rings. The highest BCUT2D eigenvalue weighted by Gasteiger charge is 2.09. The van der Waals surface area contributed by atoms with Gasteiger partial charge in [0.25, 0.3) is 5.91 Å². The Morgan fingerprint density at radius 3 is 3.05 bits per heavy atom. The number of aromatic nitrogens is 4. The molecule has 0 unspecified atom stereocenters. The maximum atomic E-state index is 11.7. The van der Waals surface area contributed by atoms with E-state index in [9.17, 15) is 4.79 Å². The normalized spacial score (nSPS) is 10.4. The number of rotatable bonds is 4. The molecule has 3 heterocycles. The fraction of sp³-hybridized carbons (Fsp3) is 0.0769. The molecule has 100 valence electrons. The van der Waals surface area contributed by atoms with Gasteiger partial charge < -0.3 is 9.73 Å². The van der Waals surface area contributed by atoms with Gasteiger partial charge in [-0.1, -0.05) is 5.21 Å². The first-order chi connectivity index (χ1) is 9.83. The smallest absolute Gasteiger partial charge is 0.287 e. The second-order valence-corrected chi connectivity index (χ2v) is 4.03. The molecular weight excluding hydrogens is 258 g/mol. The van der Waals surface area contributed by atoms with Gasteiger partial charge in [0.2, 0.25) is 0 Å². The van der Waals surface area contributed by atoms with Crippen LogP contribution in [-0.4, -0.2) is 25.9 Å². The van der Waals surface area contributed by atoms with Gasteiger partial charge in [0, 0.05) is 6.20 Å². The number of carbonyl (C=O) groups is 1. The summed E-state index contributed by atoms with van der Waals surface area (Å²) in [5.74, 6) is -0.0180. The number of hydrogen-bond acceptors (Lipinski definition) is 5. The van der Waals surface area contributed by atoms with Crippen LogP contribution in [0.15, 0.2) is 53.5 Å². The SMILES string of the molecule is O=C(NCc1cn(-c2cccnc2)nn1)c1ccco1. The van der Waals surface area contributed by atoms with E-state index in [0.29, 0.717) is 5.69 Å². The minimum atomic E-state index is -0.286. The lowest BCUT2D eigenvalue weighted by atomic mass is 10.4. The van der Waals surface area contributed by atoms with Crippen LogP contribution >= 0.6 is 0 Å². The highest BCUT2D eigenvalue weighted by Crippen LogP contribution is 2.04. The molecule has 0 aliphatic rings. The topological polar surface area (TPSA) is 85.8 Å². The van der Waals surface area contributed by atoms with E-state index in [4.69, 9.17) is 4.42 Å². The molecule has 7 nitrogen and oxygen atoms in total. The largest absolute Gasteiger partial charge is 0.459 e. The molecule has 0 saturated carbocycles. The Labute approximate surface area is 114 Å². The number of amides is 1. The third-order valence-electron chi connectivity index (χ3n) is 2.63. The Bertz CT molecular complexity index is 691. The molecule has 0 aromatic carbocycles. The summed E-state index contributed by atoms with van der Waals surface area (Å²) in [5.41, 5.74) is 1.46. The summed E-state index contributed by atoms with van der Waals surface area (Å²) in [6, 6.07) is 6.94. The Kier molecular flexibility index (Phi) is 3.24. The van der Waals surface area contributed by atoms with Crippen LogP contribution in [0.2, 0.25) is 0 Å². The lowest BCUT2D eigenvalue weighted by Gasteiger charge is -1.99. The Balaban J connectivity index is 1.65. The second kappa shape index (κ2) is 5.35. The predicted octanol–water partition coefficient (Wildman–Crippen LogP) is 1.19. The summed E-state index contributed by atoms with van der Waals surface area (Å²) in [4.78, 5) is 15.7. The Hall–Kier alpha value is -2.96. The summed E-state index contributed by atoms with van der Waals surface area (Å²) in [5, 5.41) is 10.7. The third-order valence-corrected chi connectivity index (χ3v) is 2.63. The third kappa shape index (κ3) is 2.56. The zero-order valence-corrected chi connectivity index (χ0v) is 10.4. The lowest BCUT2D eigenvalue weighted by Crippen LogP contribution is -2.22. The second-order valence-electron chi connectivity index (χ2n) is 4.03. The van der Waals surface area contributed by atoms with E-state index in [2.05, 4.69) is 20.6 Å². The maximum absolute atomic E-state index is 11.7. The van der Waals surface area contributed by atoms with Crippen LogP contribution in [-0.2, 0) is 6.54 Å². The van der Waals surface area contributed by atoms with E-state index >= 15 is 0 Å². The van der Waals surface area contributed by atoms with Crippen LogP contribution in [0.3, 0.4) is 0 Å². The van der Waals surface area contributed by atoms with Crippen molar-refractivity contribution in [3.8, 4) is 5.69 Å². The molecule has 20 heavy (non-hydrogen) atoms. The predicted molar refractivity (Wildman–Crippen MR) is 69.0 cm³/mol. The van der Waals surface area contributed by atoms with Crippen LogP contribution in [0.5, 0.6) is 0 Å². The van der Waals surface area contributed by atoms with E-state index < -0.39 is 0 Å². The zero-order chi connectivity index (χ0) is 13.8. The number of nitrogens with zero attached hydrogens (tertiary/aromatic N) is 4. The number of pyridine rings is 1. The van der Waals surface area contributed by atoms with Gasteiger partial charge in [-0.05, 0) is 24.3 Å². The monoisotopic (exact) mass is 269 g/mol. The van der Waals surface area contributed by atoms with Crippen molar-refractivity contribution in [3.05, 3.63) is 60.6 Å². The van der Waals surface area contributed by atoms with E-state index in [1.807, 2.05) is 12.1 Å². The molecule has 0 radical (unpaired) electrons.